The second-order valence-electron chi connectivity index (χ2n) is 6.16. The summed E-state index contributed by atoms with van der Waals surface area (Å²) in [7, 11) is -3.66. The van der Waals surface area contributed by atoms with E-state index in [4.69, 9.17) is 0 Å². The Bertz CT molecular complexity index is 788. The summed E-state index contributed by atoms with van der Waals surface area (Å²) in [5.41, 5.74) is -0.140. The first kappa shape index (κ1) is 16.3. The van der Waals surface area contributed by atoms with Gasteiger partial charge in [-0.1, -0.05) is 0 Å². The van der Waals surface area contributed by atoms with Gasteiger partial charge in [0, 0.05) is 24.4 Å². The third-order valence-electron chi connectivity index (χ3n) is 4.85. The minimum Gasteiger partial charge on any atom is -0.311 e. The number of halogens is 3. The average molecular weight is 347 g/mol. The van der Waals surface area contributed by atoms with E-state index in [-0.39, 0.29) is 37.1 Å². The highest BCUT2D eigenvalue weighted by atomic mass is 32.2. The molecular formula is C15H16F3NO3S. The molecule has 4 nitrogen and oxygen atoms in total. The van der Waals surface area contributed by atoms with Crippen molar-refractivity contribution < 1.29 is 26.4 Å². The largest absolute Gasteiger partial charge is 0.311 e. The molecule has 8 heteroatoms. The van der Waals surface area contributed by atoms with E-state index in [1.165, 1.54) is 0 Å². The van der Waals surface area contributed by atoms with Gasteiger partial charge in [0.25, 0.3) is 0 Å². The maximum Gasteiger partial charge on any atom is 0.248 e. The van der Waals surface area contributed by atoms with Gasteiger partial charge in [-0.25, -0.2) is 21.6 Å². The van der Waals surface area contributed by atoms with Crippen LogP contribution in [0.15, 0.2) is 6.07 Å². The molecule has 2 aliphatic rings. The second kappa shape index (κ2) is 5.22. The zero-order valence-corrected chi connectivity index (χ0v) is 13.4. The van der Waals surface area contributed by atoms with E-state index in [2.05, 4.69) is 0 Å². The number of carbonyl (C=O) groups is 1. The van der Waals surface area contributed by atoms with Gasteiger partial charge in [-0.3, -0.25) is 4.79 Å². The van der Waals surface area contributed by atoms with Crippen LogP contribution in [0.25, 0.3) is 0 Å². The number of sulfone groups is 1. The van der Waals surface area contributed by atoms with Crippen molar-refractivity contribution >= 4 is 21.4 Å². The molecule has 126 valence electrons. The van der Waals surface area contributed by atoms with E-state index in [1.807, 2.05) is 0 Å². The first-order valence-corrected chi connectivity index (χ1v) is 9.26. The minimum absolute atomic E-state index is 0.0624. The quantitative estimate of drug-likeness (QED) is 0.772. The van der Waals surface area contributed by atoms with Crippen LogP contribution in [0.2, 0.25) is 0 Å². The molecule has 1 saturated carbocycles. The summed E-state index contributed by atoms with van der Waals surface area (Å²) in [6.45, 7) is 0.160. The van der Waals surface area contributed by atoms with Crippen molar-refractivity contribution in [2.75, 3.05) is 17.7 Å². The van der Waals surface area contributed by atoms with Gasteiger partial charge < -0.3 is 4.90 Å². The Labute approximate surface area is 132 Å². The van der Waals surface area contributed by atoms with Crippen LogP contribution in [0, 0.1) is 17.5 Å². The minimum atomic E-state index is -3.66. The van der Waals surface area contributed by atoms with E-state index in [0.29, 0.717) is 12.8 Å². The summed E-state index contributed by atoms with van der Waals surface area (Å²) >= 11 is 0. The maximum absolute atomic E-state index is 13.9. The van der Waals surface area contributed by atoms with Gasteiger partial charge in [-0.05, 0) is 32.1 Å². The van der Waals surface area contributed by atoms with Crippen LogP contribution in [0.5, 0.6) is 0 Å². The van der Waals surface area contributed by atoms with Gasteiger partial charge >= 0.3 is 0 Å². The summed E-state index contributed by atoms with van der Waals surface area (Å²) in [6.07, 6.45) is 2.53. The Kier molecular flexibility index (Phi) is 3.70. The number of fused-ring (bicyclic) bond motifs is 1. The van der Waals surface area contributed by atoms with Gasteiger partial charge in [0.15, 0.2) is 32.0 Å². The van der Waals surface area contributed by atoms with Crippen LogP contribution in [0.1, 0.15) is 31.2 Å². The van der Waals surface area contributed by atoms with E-state index in [0.717, 1.165) is 17.2 Å². The number of anilines is 1. The first-order valence-electron chi connectivity index (χ1n) is 7.37. The molecule has 0 bridgehead atoms. The lowest BCUT2D eigenvalue weighted by molar-refractivity contribution is -0.123. The normalized spacial score (nSPS) is 19.9. The molecule has 0 aromatic heterocycles. The molecule has 1 aliphatic heterocycles. The van der Waals surface area contributed by atoms with E-state index in [9.17, 15) is 26.4 Å². The Morgan fingerprint density at radius 1 is 1.17 bits per heavy atom. The fourth-order valence-corrected chi connectivity index (χ4v) is 4.79. The van der Waals surface area contributed by atoms with Crippen molar-refractivity contribution in [1.82, 2.24) is 0 Å². The summed E-state index contributed by atoms with van der Waals surface area (Å²) in [5, 5.41) is 0. The molecule has 1 aromatic carbocycles. The SMILES string of the molecule is CS(=O)(=O)C1(C(=O)N2CCCc3c2cc(F)c(F)c3F)CCC1. The van der Waals surface area contributed by atoms with Crippen LogP contribution in [0.3, 0.4) is 0 Å². The Hall–Kier alpha value is -1.57. The molecule has 0 unspecified atom stereocenters. The van der Waals surface area contributed by atoms with Crippen molar-refractivity contribution in [2.45, 2.75) is 36.9 Å². The van der Waals surface area contributed by atoms with Crippen LogP contribution < -0.4 is 4.90 Å². The number of amides is 1. The predicted molar refractivity (Wildman–Crippen MR) is 78.4 cm³/mol. The van der Waals surface area contributed by atoms with Crippen molar-refractivity contribution in [3.8, 4) is 0 Å². The van der Waals surface area contributed by atoms with Crippen LogP contribution in [0.4, 0.5) is 18.9 Å². The summed E-state index contributed by atoms with van der Waals surface area (Å²) in [4.78, 5) is 13.9. The van der Waals surface area contributed by atoms with Gasteiger partial charge in [0.05, 0.1) is 5.69 Å². The number of rotatable bonds is 2. The number of hydrogen-bond acceptors (Lipinski definition) is 3. The third-order valence-corrected chi connectivity index (χ3v) is 6.85. The molecule has 1 aliphatic carbocycles. The number of benzene rings is 1. The highest BCUT2D eigenvalue weighted by Gasteiger charge is 2.55. The number of nitrogens with zero attached hydrogens (tertiary/aromatic N) is 1. The summed E-state index contributed by atoms with van der Waals surface area (Å²) in [6, 6.07) is 0.777. The first-order chi connectivity index (χ1) is 10.7. The number of carbonyl (C=O) groups excluding carboxylic acids is 1. The predicted octanol–water partition coefficient (Wildman–Crippen LogP) is 2.35. The molecule has 0 spiro atoms. The Morgan fingerprint density at radius 3 is 2.35 bits per heavy atom. The summed E-state index contributed by atoms with van der Waals surface area (Å²) < 4.78 is 63.5. The van der Waals surface area contributed by atoms with Crippen molar-refractivity contribution in [2.24, 2.45) is 0 Å². The van der Waals surface area contributed by atoms with Gasteiger partial charge in [-0.15, -0.1) is 0 Å². The van der Waals surface area contributed by atoms with Crippen molar-refractivity contribution in [3.63, 3.8) is 0 Å². The fourth-order valence-electron chi connectivity index (χ4n) is 3.33. The van der Waals surface area contributed by atoms with E-state index >= 15 is 0 Å². The highest BCUT2D eigenvalue weighted by Crippen LogP contribution is 2.43. The van der Waals surface area contributed by atoms with Gasteiger partial charge in [-0.2, -0.15) is 0 Å². The molecule has 0 atom stereocenters. The molecule has 0 radical (unpaired) electrons. The van der Waals surface area contributed by atoms with Crippen LogP contribution in [-0.4, -0.2) is 31.9 Å². The highest BCUT2D eigenvalue weighted by molar-refractivity contribution is 7.93. The fraction of sp³-hybridized carbons (Fsp3) is 0.533. The standard InChI is InChI=1S/C15H16F3NO3S/c1-23(21,22)15(5-3-6-15)14(20)19-7-2-4-9-11(19)8-10(16)13(18)12(9)17/h8H,2-7H2,1H3. The van der Waals surface area contributed by atoms with Gasteiger partial charge in [0.1, 0.15) is 0 Å². The van der Waals surface area contributed by atoms with Crippen LogP contribution in [-0.2, 0) is 21.1 Å². The lowest BCUT2D eigenvalue weighted by atomic mass is 9.82. The molecule has 1 amide bonds. The molecule has 1 aromatic rings. The molecule has 1 fully saturated rings. The molecular weight excluding hydrogens is 331 g/mol. The number of hydrogen-bond donors (Lipinski definition) is 0. The monoisotopic (exact) mass is 347 g/mol. The third kappa shape index (κ3) is 2.26. The molecule has 0 N–H and O–H groups in total. The topological polar surface area (TPSA) is 54.5 Å². The van der Waals surface area contributed by atoms with Crippen molar-refractivity contribution in [3.05, 3.63) is 29.1 Å². The summed E-state index contributed by atoms with van der Waals surface area (Å²) in [5.74, 6) is -4.93. The van der Waals surface area contributed by atoms with E-state index in [1.54, 1.807) is 0 Å². The maximum atomic E-state index is 13.9. The zero-order chi connectivity index (χ0) is 17.0. The Morgan fingerprint density at radius 2 is 1.83 bits per heavy atom. The lowest BCUT2D eigenvalue weighted by Gasteiger charge is -2.43. The zero-order valence-electron chi connectivity index (χ0n) is 12.5. The van der Waals surface area contributed by atoms with Crippen molar-refractivity contribution in [1.29, 1.82) is 0 Å². The lowest BCUT2D eigenvalue weighted by Crippen LogP contribution is -2.58. The van der Waals surface area contributed by atoms with Gasteiger partial charge in [0.2, 0.25) is 5.91 Å². The smallest absolute Gasteiger partial charge is 0.248 e. The molecule has 23 heavy (non-hydrogen) atoms. The average Bonchev–Trinajstić information content (AvgIpc) is 2.41. The Balaban J connectivity index is 2.09. The van der Waals surface area contributed by atoms with E-state index < -0.39 is 37.9 Å². The van der Waals surface area contributed by atoms with Crippen LogP contribution >= 0.6 is 0 Å². The molecule has 1 heterocycles. The second-order valence-corrected chi connectivity index (χ2v) is 8.49. The molecule has 3 rings (SSSR count). The molecule has 0 saturated heterocycles.